The Balaban J connectivity index is 3.59. The second kappa shape index (κ2) is 8.09. The highest BCUT2D eigenvalue weighted by atomic mass is 16.5. The number of hydrogen-bond donors (Lipinski definition) is 1. The Labute approximate surface area is 148 Å². The Morgan fingerprint density at radius 1 is 1.08 bits per heavy atom. The van der Waals surface area contributed by atoms with Crippen molar-refractivity contribution in [2.24, 2.45) is 0 Å². The van der Waals surface area contributed by atoms with Crippen LogP contribution in [-0.2, 0) is 10.8 Å². The average molecular weight is 333 g/mol. The van der Waals surface area contributed by atoms with E-state index in [1.807, 2.05) is 6.08 Å². The zero-order valence-corrected chi connectivity index (χ0v) is 16.9. The second-order valence-electron chi connectivity index (χ2n) is 8.77. The van der Waals surface area contributed by atoms with Crippen molar-refractivity contribution in [3.05, 3.63) is 41.2 Å². The summed E-state index contributed by atoms with van der Waals surface area (Å²) in [6, 6.07) is 4.56. The SMILES string of the molecule is CCCCOc1c(C(C)/C=C\O)cc(C(C)(C)C)cc1C(C)(C)C. The van der Waals surface area contributed by atoms with Gasteiger partial charge in [0.15, 0.2) is 0 Å². The predicted molar refractivity (Wildman–Crippen MR) is 104 cm³/mol. The minimum absolute atomic E-state index is 0.000205. The van der Waals surface area contributed by atoms with Gasteiger partial charge in [-0.1, -0.05) is 73.9 Å². The molecule has 0 radical (unpaired) electrons. The van der Waals surface area contributed by atoms with Crippen LogP contribution >= 0.6 is 0 Å². The van der Waals surface area contributed by atoms with Crippen LogP contribution in [0.3, 0.4) is 0 Å². The first-order valence-electron chi connectivity index (χ1n) is 9.15. The van der Waals surface area contributed by atoms with Crippen molar-refractivity contribution in [2.75, 3.05) is 6.61 Å². The maximum absolute atomic E-state index is 9.24. The van der Waals surface area contributed by atoms with Crippen molar-refractivity contribution < 1.29 is 9.84 Å². The van der Waals surface area contributed by atoms with Crippen LogP contribution in [0, 0.1) is 0 Å². The molecule has 0 saturated carbocycles. The van der Waals surface area contributed by atoms with E-state index < -0.39 is 0 Å². The van der Waals surface area contributed by atoms with Gasteiger partial charge in [0.05, 0.1) is 12.9 Å². The fourth-order valence-electron chi connectivity index (χ4n) is 2.69. The molecule has 1 aromatic rings. The first-order valence-corrected chi connectivity index (χ1v) is 9.15. The van der Waals surface area contributed by atoms with Crippen LogP contribution in [0.1, 0.15) is 90.8 Å². The zero-order chi connectivity index (χ0) is 18.5. The van der Waals surface area contributed by atoms with Crippen LogP contribution in [-0.4, -0.2) is 11.7 Å². The summed E-state index contributed by atoms with van der Waals surface area (Å²) in [5.41, 5.74) is 3.79. The number of ether oxygens (including phenoxy) is 1. The largest absolute Gasteiger partial charge is 0.516 e. The minimum Gasteiger partial charge on any atom is -0.516 e. The molecule has 1 unspecified atom stereocenters. The van der Waals surface area contributed by atoms with Crippen molar-refractivity contribution in [1.82, 2.24) is 0 Å². The summed E-state index contributed by atoms with van der Waals surface area (Å²) < 4.78 is 6.25. The van der Waals surface area contributed by atoms with Gasteiger partial charge in [-0.05, 0) is 28.9 Å². The van der Waals surface area contributed by atoms with Gasteiger partial charge in [0.25, 0.3) is 0 Å². The summed E-state index contributed by atoms with van der Waals surface area (Å²) in [6.45, 7) is 18.4. The molecule has 0 aliphatic heterocycles. The van der Waals surface area contributed by atoms with E-state index in [1.165, 1.54) is 11.1 Å². The molecule has 0 aromatic heterocycles. The van der Waals surface area contributed by atoms with Gasteiger partial charge in [-0.25, -0.2) is 0 Å². The maximum Gasteiger partial charge on any atom is 0.126 e. The van der Waals surface area contributed by atoms with Crippen LogP contribution in [0.5, 0.6) is 5.75 Å². The molecular formula is C22H36O2. The molecule has 2 nitrogen and oxygen atoms in total. The summed E-state index contributed by atoms with van der Waals surface area (Å²) >= 11 is 0. The lowest BCUT2D eigenvalue weighted by Crippen LogP contribution is -2.20. The lowest BCUT2D eigenvalue weighted by Gasteiger charge is -2.30. The van der Waals surface area contributed by atoms with Crippen LogP contribution in [0.2, 0.25) is 0 Å². The van der Waals surface area contributed by atoms with E-state index >= 15 is 0 Å². The predicted octanol–water partition coefficient (Wildman–Crippen LogP) is 6.64. The second-order valence-corrected chi connectivity index (χ2v) is 8.77. The van der Waals surface area contributed by atoms with Crippen LogP contribution in [0.15, 0.2) is 24.5 Å². The summed E-state index contributed by atoms with van der Waals surface area (Å²) in [5.74, 6) is 1.10. The fourth-order valence-corrected chi connectivity index (χ4v) is 2.69. The first-order chi connectivity index (χ1) is 11.0. The molecule has 1 N–H and O–H groups in total. The van der Waals surface area contributed by atoms with Gasteiger partial charge in [0.1, 0.15) is 5.75 Å². The van der Waals surface area contributed by atoms with Gasteiger partial charge in [0.2, 0.25) is 0 Å². The van der Waals surface area contributed by atoms with E-state index in [1.54, 1.807) is 0 Å². The van der Waals surface area contributed by atoms with Crippen molar-refractivity contribution in [3.63, 3.8) is 0 Å². The van der Waals surface area contributed by atoms with Crippen LogP contribution in [0.25, 0.3) is 0 Å². The quantitative estimate of drug-likeness (QED) is 0.467. The maximum atomic E-state index is 9.24. The van der Waals surface area contributed by atoms with Gasteiger partial charge in [-0.2, -0.15) is 0 Å². The van der Waals surface area contributed by atoms with Crippen molar-refractivity contribution >= 4 is 0 Å². The van der Waals surface area contributed by atoms with Crippen LogP contribution in [0.4, 0.5) is 0 Å². The molecule has 0 spiro atoms. The van der Waals surface area contributed by atoms with Gasteiger partial charge in [0, 0.05) is 17.0 Å². The van der Waals surface area contributed by atoms with Gasteiger partial charge < -0.3 is 9.84 Å². The number of benzene rings is 1. The highest BCUT2D eigenvalue weighted by Gasteiger charge is 2.27. The Bertz CT molecular complexity index is 557. The molecule has 0 saturated heterocycles. The lowest BCUT2D eigenvalue weighted by atomic mass is 9.77. The molecule has 0 bridgehead atoms. The third-order valence-corrected chi connectivity index (χ3v) is 4.40. The zero-order valence-electron chi connectivity index (χ0n) is 16.9. The van der Waals surface area contributed by atoms with Gasteiger partial charge in [-0.15, -0.1) is 0 Å². The first kappa shape index (κ1) is 20.6. The fraction of sp³-hybridized carbons (Fsp3) is 0.636. The number of aliphatic hydroxyl groups is 1. The Kier molecular flexibility index (Phi) is 6.95. The summed E-state index contributed by atoms with van der Waals surface area (Å²) in [6.07, 6.45) is 5.13. The average Bonchev–Trinajstić information content (AvgIpc) is 2.45. The monoisotopic (exact) mass is 332 g/mol. The third kappa shape index (κ3) is 5.29. The van der Waals surface area contributed by atoms with Crippen molar-refractivity contribution in [1.29, 1.82) is 0 Å². The summed E-state index contributed by atoms with van der Waals surface area (Å²) in [5, 5.41) is 9.24. The van der Waals surface area contributed by atoms with E-state index in [0.717, 1.165) is 37.0 Å². The molecule has 1 aromatic carbocycles. The number of rotatable bonds is 6. The topological polar surface area (TPSA) is 29.5 Å². The van der Waals surface area contributed by atoms with Gasteiger partial charge >= 0.3 is 0 Å². The lowest BCUT2D eigenvalue weighted by molar-refractivity contribution is 0.297. The molecular weight excluding hydrogens is 296 g/mol. The molecule has 1 atom stereocenters. The number of aliphatic hydroxyl groups excluding tert-OH is 1. The highest BCUT2D eigenvalue weighted by Crippen LogP contribution is 2.41. The minimum atomic E-state index is 0.000205. The Morgan fingerprint density at radius 3 is 2.17 bits per heavy atom. The third-order valence-electron chi connectivity index (χ3n) is 4.40. The van der Waals surface area contributed by atoms with E-state index in [0.29, 0.717) is 0 Å². The standard InChI is InChI=1S/C22H36O2/c1-9-10-13-24-20-18(16(2)11-12-23)14-17(21(3,4)5)15-19(20)22(6,7)8/h11-12,14-16,23H,9-10,13H2,1-8H3/b12-11-. The van der Waals surface area contributed by atoms with E-state index in [-0.39, 0.29) is 16.7 Å². The molecule has 1 rings (SSSR count). The van der Waals surface area contributed by atoms with Crippen LogP contribution < -0.4 is 4.74 Å². The Hall–Kier alpha value is -1.44. The van der Waals surface area contributed by atoms with E-state index in [4.69, 9.17) is 4.74 Å². The van der Waals surface area contributed by atoms with Crippen molar-refractivity contribution in [2.45, 2.75) is 85.0 Å². The summed E-state index contributed by atoms with van der Waals surface area (Å²) in [7, 11) is 0. The van der Waals surface area contributed by atoms with Gasteiger partial charge in [-0.3, -0.25) is 0 Å². The molecule has 2 heteroatoms. The Morgan fingerprint density at radius 2 is 1.71 bits per heavy atom. The van der Waals surface area contributed by atoms with E-state index in [9.17, 15) is 5.11 Å². The molecule has 0 heterocycles. The molecule has 0 amide bonds. The van der Waals surface area contributed by atoms with Crippen molar-refractivity contribution in [3.8, 4) is 5.75 Å². The highest BCUT2D eigenvalue weighted by molar-refractivity contribution is 5.51. The normalized spacial score (nSPS) is 14.2. The molecule has 0 aliphatic carbocycles. The molecule has 136 valence electrons. The summed E-state index contributed by atoms with van der Waals surface area (Å²) in [4.78, 5) is 0. The smallest absolute Gasteiger partial charge is 0.126 e. The molecule has 24 heavy (non-hydrogen) atoms. The number of allylic oxidation sites excluding steroid dienone is 1. The number of unbranched alkanes of at least 4 members (excludes halogenated alkanes) is 1. The molecule has 0 aliphatic rings. The molecule has 0 fully saturated rings. The number of hydrogen-bond acceptors (Lipinski definition) is 2. The van der Waals surface area contributed by atoms with E-state index in [2.05, 4.69) is 67.5 Å².